The molecule has 94 heavy (non-hydrogen) atoms. The summed E-state index contributed by atoms with van der Waals surface area (Å²) in [6, 6.07) is 0. The van der Waals surface area contributed by atoms with Crippen molar-refractivity contribution in [2.45, 2.75) is 444 Å². The normalized spacial score (nSPS) is 12.7. The SMILES string of the molecule is CCCCCCC/C=C\C/C=C\C/C=C\CCCCCCCCCCCCCCCCC(=O)OC(COC(=O)CCCCCCCCCCCCCCCCCCCCCCCCCCCCCCCCCCCCCCCCCC)COC(OCC[N+](C)(C)C)C(=O)[O-]. The van der Waals surface area contributed by atoms with Crippen LogP contribution in [0.25, 0.3) is 0 Å². The van der Waals surface area contributed by atoms with Crippen LogP contribution in [0.4, 0.5) is 0 Å². The molecule has 0 rings (SSSR count). The number of carboxylic acids is 1. The van der Waals surface area contributed by atoms with Gasteiger partial charge in [-0.15, -0.1) is 0 Å². The Morgan fingerprint density at radius 2 is 0.574 bits per heavy atom. The minimum atomic E-state index is -1.62. The number of aliphatic carboxylic acids is 1. The molecule has 554 valence electrons. The number of hydrogen-bond acceptors (Lipinski definition) is 8. The fourth-order valence-corrected chi connectivity index (χ4v) is 12.8. The van der Waals surface area contributed by atoms with E-state index in [9.17, 15) is 19.5 Å². The van der Waals surface area contributed by atoms with Gasteiger partial charge in [-0.1, -0.05) is 403 Å². The lowest BCUT2D eigenvalue weighted by Gasteiger charge is -2.26. The number of nitrogens with zero attached hydrogens (tertiary/aromatic N) is 1. The van der Waals surface area contributed by atoms with E-state index in [1.165, 1.54) is 353 Å². The van der Waals surface area contributed by atoms with E-state index in [4.69, 9.17) is 18.9 Å². The maximum atomic E-state index is 13.0. The van der Waals surface area contributed by atoms with Gasteiger partial charge in [-0.05, 0) is 51.4 Å². The van der Waals surface area contributed by atoms with Crippen LogP contribution < -0.4 is 5.11 Å². The predicted octanol–water partition coefficient (Wildman–Crippen LogP) is 25.3. The number of hydrogen-bond donors (Lipinski definition) is 0. The van der Waals surface area contributed by atoms with Crippen molar-refractivity contribution in [1.29, 1.82) is 0 Å². The van der Waals surface area contributed by atoms with Crippen molar-refractivity contribution in [2.24, 2.45) is 0 Å². The summed E-state index contributed by atoms with van der Waals surface area (Å²) < 4.78 is 22.9. The van der Waals surface area contributed by atoms with Crippen LogP contribution in [-0.2, 0) is 33.3 Å². The van der Waals surface area contributed by atoms with E-state index >= 15 is 0 Å². The summed E-state index contributed by atoms with van der Waals surface area (Å²) in [6.07, 6.45) is 95.8. The van der Waals surface area contributed by atoms with Gasteiger partial charge < -0.3 is 33.3 Å². The maximum absolute atomic E-state index is 13.0. The average Bonchev–Trinajstić information content (AvgIpc) is 3.72. The van der Waals surface area contributed by atoms with Gasteiger partial charge >= 0.3 is 11.9 Å². The minimum absolute atomic E-state index is 0.150. The molecule has 0 fully saturated rings. The van der Waals surface area contributed by atoms with Crippen molar-refractivity contribution in [1.82, 2.24) is 0 Å². The Labute approximate surface area is 585 Å². The van der Waals surface area contributed by atoms with Crippen LogP contribution in [-0.4, -0.2) is 82.3 Å². The zero-order valence-electron chi connectivity index (χ0n) is 63.6. The van der Waals surface area contributed by atoms with Gasteiger partial charge in [-0.2, -0.15) is 0 Å². The van der Waals surface area contributed by atoms with Gasteiger partial charge in [0.25, 0.3) is 0 Å². The van der Waals surface area contributed by atoms with Gasteiger partial charge in [0.1, 0.15) is 13.2 Å². The van der Waals surface area contributed by atoms with E-state index in [-0.39, 0.29) is 32.2 Å². The third-order valence-corrected chi connectivity index (χ3v) is 19.1. The molecule has 0 saturated carbocycles. The van der Waals surface area contributed by atoms with E-state index in [0.717, 1.165) is 44.9 Å². The Hall–Kier alpha value is -2.49. The van der Waals surface area contributed by atoms with Gasteiger partial charge in [0.05, 0.1) is 40.3 Å². The van der Waals surface area contributed by atoms with Crippen molar-refractivity contribution in [3.63, 3.8) is 0 Å². The van der Waals surface area contributed by atoms with Crippen molar-refractivity contribution in [3.8, 4) is 0 Å². The molecule has 0 aromatic carbocycles. The van der Waals surface area contributed by atoms with Crippen LogP contribution in [0.3, 0.4) is 0 Å². The quantitative estimate of drug-likeness (QED) is 0.0195. The Morgan fingerprint density at radius 1 is 0.319 bits per heavy atom. The summed E-state index contributed by atoms with van der Waals surface area (Å²) in [4.78, 5) is 37.6. The summed E-state index contributed by atoms with van der Waals surface area (Å²) in [5, 5.41) is 11.9. The second kappa shape index (κ2) is 76.3. The van der Waals surface area contributed by atoms with E-state index in [1.54, 1.807) is 0 Å². The molecule has 9 heteroatoms. The standard InChI is InChI=1S/C85H161NO8/c1-6-8-10-12-14-16-18-20-22-24-26-28-30-32-34-36-37-38-39-40-41-42-43-44-45-46-48-49-51-53-55-57-59-61-63-65-67-69-71-73-75-82(87)92-79-81(80-93-85(84(89)90)91-78-77-86(3,4)5)94-83(88)76-74-72-70-68-66-64-62-60-58-56-54-52-50-47-35-33-31-29-27-25-23-21-19-17-15-13-11-9-7-2/h19,21,25,27,31,33,81,85H,6-18,20,22-24,26,28-30,32,34-80H2,1-5H3/b21-19-,27-25-,33-31-. The molecule has 0 aromatic heterocycles. The highest BCUT2D eigenvalue weighted by atomic mass is 16.7. The molecule has 0 heterocycles. The molecule has 0 bridgehead atoms. The topological polar surface area (TPSA) is 111 Å². The zero-order chi connectivity index (χ0) is 68.2. The number of quaternary nitrogens is 1. The molecule has 0 spiro atoms. The first-order chi connectivity index (χ1) is 46.1. The van der Waals surface area contributed by atoms with Gasteiger partial charge in [0.2, 0.25) is 0 Å². The summed E-state index contributed by atoms with van der Waals surface area (Å²) >= 11 is 0. The fraction of sp³-hybridized carbons (Fsp3) is 0.894. The summed E-state index contributed by atoms with van der Waals surface area (Å²) in [5.74, 6) is -2.25. The minimum Gasteiger partial charge on any atom is -0.545 e. The monoisotopic (exact) mass is 1320 g/mol. The summed E-state index contributed by atoms with van der Waals surface area (Å²) in [5.41, 5.74) is 0. The highest BCUT2D eigenvalue weighted by molar-refractivity contribution is 5.70. The number of allylic oxidation sites excluding steroid dienone is 6. The second-order valence-corrected chi connectivity index (χ2v) is 29.8. The number of likely N-dealkylation sites (N-methyl/N-ethyl adjacent to an activating group) is 1. The Balaban J connectivity index is 3.92. The number of esters is 2. The first-order valence-corrected chi connectivity index (χ1v) is 41.6. The predicted molar refractivity (Wildman–Crippen MR) is 403 cm³/mol. The number of carboxylic acid groups (broad SMARTS) is 1. The maximum Gasteiger partial charge on any atom is 0.306 e. The molecule has 0 radical (unpaired) electrons. The van der Waals surface area contributed by atoms with E-state index in [0.29, 0.717) is 23.9 Å². The van der Waals surface area contributed by atoms with Crippen molar-refractivity contribution in [3.05, 3.63) is 36.5 Å². The molecular weight excluding hydrogens is 1160 g/mol. The lowest BCUT2D eigenvalue weighted by atomic mass is 10.0. The third kappa shape index (κ3) is 76.9. The lowest BCUT2D eigenvalue weighted by molar-refractivity contribution is -0.870. The largest absolute Gasteiger partial charge is 0.545 e. The van der Waals surface area contributed by atoms with Crippen LogP contribution in [0.2, 0.25) is 0 Å². The van der Waals surface area contributed by atoms with E-state index in [1.807, 2.05) is 21.1 Å². The molecule has 0 amide bonds. The van der Waals surface area contributed by atoms with Crippen molar-refractivity contribution in [2.75, 3.05) is 47.5 Å². The highest BCUT2D eigenvalue weighted by Crippen LogP contribution is 2.20. The second-order valence-electron chi connectivity index (χ2n) is 29.8. The Bertz CT molecular complexity index is 1640. The smallest absolute Gasteiger partial charge is 0.306 e. The fourth-order valence-electron chi connectivity index (χ4n) is 12.8. The Kier molecular flexibility index (Phi) is 74.2. The van der Waals surface area contributed by atoms with Crippen molar-refractivity contribution < 1.29 is 42.9 Å². The molecular formula is C85H161NO8. The van der Waals surface area contributed by atoms with Crippen molar-refractivity contribution >= 4 is 17.9 Å². The van der Waals surface area contributed by atoms with Crippen LogP contribution >= 0.6 is 0 Å². The highest BCUT2D eigenvalue weighted by Gasteiger charge is 2.22. The first-order valence-electron chi connectivity index (χ1n) is 41.6. The summed E-state index contributed by atoms with van der Waals surface area (Å²) in [6.45, 7) is 4.82. The van der Waals surface area contributed by atoms with Crippen LogP contribution in [0.15, 0.2) is 36.5 Å². The lowest BCUT2D eigenvalue weighted by Crippen LogP contribution is -2.44. The van der Waals surface area contributed by atoms with Gasteiger partial charge in [-0.25, -0.2) is 0 Å². The van der Waals surface area contributed by atoms with Gasteiger partial charge in [-0.3, -0.25) is 9.59 Å². The molecule has 0 saturated heterocycles. The van der Waals surface area contributed by atoms with Gasteiger partial charge in [0, 0.05) is 12.8 Å². The van der Waals surface area contributed by atoms with Crippen LogP contribution in [0.1, 0.15) is 431 Å². The number of unbranched alkanes of at least 4 members (excludes halogenated alkanes) is 58. The molecule has 2 unspecified atom stereocenters. The zero-order valence-corrected chi connectivity index (χ0v) is 63.6. The molecule has 0 aliphatic heterocycles. The molecule has 2 atom stereocenters. The molecule has 0 aromatic rings. The summed E-state index contributed by atoms with van der Waals surface area (Å²) in [7, 11) is 5.95. The molecule has 9 nitrogen and oxygen atoms in total. The molecule has 0 aliphatic carbocycles. The number of ether oxygens (including phenoxy) is 4. The molecule has 0 N–H and O–H groups in total. The van der Waals surface area contributed by atoms with Crippen LogP contribution in [0, 0.1) is 0 Å². The number of carbonyl (C=O) groups excluding carboxylic acids is 3. The van der Waals surface area contributed by atoms with Crippen LogP contribution in [0.5, 0.6) is 0 Å². The third-order valence-electron chi connectivity index (χ3n) is 19.1. The average molecular weight is 1330 g/mol. The number of rotatable bonds is 79. The number of carbonyl (C=O) groups is 3. The van der Waals surface area contributed by atoms with E-state index in [2.05, 4.69) is 50.3 Å². The molecule has 0 aliphatic rings. The van der Waals surface area contributed by atoms with Gasteiger partial charge in [0.15, 0.2) is 12.4 Å². The first kappa shape index (κ1) is 91.5. The van der Waals surface area contributed by atoms with E-state index < -0.39 is 24.3 Å². The Morgan fingerprint density at radius 3 is 0.851 bits per heavy atom.